The van der Waals surface area contributed by atoms with Gasteiger partial charge in [-0.1, -0.05) is 41.9 Å². The summed E-state index contributed by atoms with van der Waals surface area (Å²) >= 11 is 5.86. The molecule has 7 heteroatoms. The fourth-order valence-corrected chi connectivity index (χ4v) is 4.22. The Morgan fingerprint density at radius 2 is 1.83 bits per heavy atom. The number of hydrogen-bond acceptors (Lipinski definition) is 4. The highest BCUT2D eigenvalue weighted by Crippen LogP contribution is 2.46. The molecule has 0 aromatic heterocycles. The number of rotatable bonds is 3. The summed E-state index contributed by atoms with van der Waals surface area (Å²) in [5.41, 5.74) is 1.40. The first-order valence-corrected chi connectivity index (χ1v) is 10.1. The van der Waals surface area contributed by atoms with Gasteiger partial charge in [0.2, 0.25) is 0 Å². The van der Waals surface area contributed by atoms with Crippen molar-refractivity contribution in [2.75, 3.05) is 19.8 Å². The van der Waals surface area contributed by atoms with E-state index >= 15 is 0 Å². The molecule has 1 saturated heterocycles. The lowest BCUT2D eigenvalue weighted by Crippen LogP contribution is -2.41. The van der Waals surface area contributed by atoms with Gasteiger partial charge in [0.25, 0.3) is 11.8 Å². The Hall–Kier alpha value is -3.09. The largest absolute Gasteiger partial charge is 0.493 e. The van der Waals surface area contributed by atoms with Gasteiger partial charge in [-0.2, -0.15) is 0 Å². The van der Waals surface area contributed by atoms with Crippen LogP contribution in [-0.4, -0.2) is 36.6 Å². The smallest absolute Gasteiger partial charge is 0.266 e. The lowest BCUT2D eigenvalue weighted by atomic mass is 9.88. The van der Waals surface area contributed by atoms with E-state index in [0.717, 1.165) is 22.1 Å². The standard InChI is InChI=1S/C23H19ClN2O4/c24-17-8-5-15(6-9-17)23(28)25-11-20(27)26-22-16(13-30-26)12-29-19-10-7-14-3-1-2-4-18(14)21(19)22/h1-10,16,22H,11-13H2,(H,25,28)/t16-,22-/m0/s1. The third-order valence-electron chi connectivity index (χ3n) is 5.56. The van der Waals surface area contributed by atoms with E-state index in [4.69, 9.17) is 21.2 Å². The highest BCUT2D eigenvalue weighted by molar-refractivity contribution is 6.30. The molecule has 0 aliphatic carbocycles. The third kappa shape index (κ3) is 3.28. The molecule has 30 heavy (non-hydrogen) atoms. The average molecular weight is 423 g/mol. The summed E-state index contributed by atoms with van der Waals surface area (Å²) in [5.74, 6) is 0.168. The first kappa shape index (κ1) is 18.9. The Labute approximate surface area is 178 Å². The Bertz CT molecular complexity index is 1130. The minimum atomic E-state index is -0.339. The molecule has 0 saturated carbocycles. The lowest BCUT2D eigenvalue weighted by molar-refractivity contribution is -0.175. The highest BCUT2D eigenvalue weighted by atomic mass is 35.5. The quantitative estimate of drug-likeness (QED) is 0.698. The summed E-state index contributed by atoms with van der Waals surface area (Å²) in [5, 5.41) is 6.74. The molecule has 2 amide bonds. The third-order valence-corrected chi connectivity index (χ3v) is 5.81. The molecule has 3 aromatic rings. The maximum atomic E-state index is 13.0. The van der Waals surface area contributed by atoms with Gasteiger partial charge >= 0.3 is 0 Å². The van der Waals surface area contributed by atoms with E-state index in [9.17, 15) is 9.59 Å². The van der Waals surface area contributed by atoms with Crippen LogP contribution < -0.4 is 10.1 Å². The summed E-state index contributed by atoms with van der Waals surface area (Å²) in [7, 11) is 0. The van der Waals surface area contributed by atoms with Crippen molar-refractivity contribution >= 4 is 34.2 Å². The number of benzene rings is 3. The van der Waals surface area contributed by atoms with Crippen molar-refractivity contribution in [3.05, 3.63) is 76.8 Å². The van der Waals surface area contributed by atoms with Crippen molar-refractivity contribution in [2.45, 2.75) is 6.04 Å². The van der Waals surface area contributed by atoms with Crippen molar-refractivity contribution in [1.82, 2.24) is 10.4 Å². The molecular weight excluding hydrogens is 404 g/mol. The second-order valence-corrected chi connectivity index (χ2v) is 7.86. The minimum absolute atomic E-state index is 0.0409. The number of carbonyl (C=O) groups is 2. The maximum Gasteiger partial charge on any atom is 0.266 e. The van der Waals surface area contributed by atoms with E-state index in [1.54, 1.807) is 24.3 Å². The van der Waals surface area contributed by atoms with Crippen LogP contribution in [0.4, 0.5) is 0 Å². The van der Waals surface area contributed by atoms with Crippen molar-refractivity contribution in [3.8, 4) is 5.75 Å². The zero-order valence-corrected chi connectivity index (χ0v) is 16.8. The molecule has 1 N–H and O–H groups in total. The fourth-order valence-electron chi connectivity index (χ4n) is 4.10. The number of hydroxylamine groups is 2. The number of hydrogen-bond donors (Lipinski definition) is 1. The molecule has 2 heterocycles. The molecule has 0 radical (unpaired) electrons. The van der Waals surface area contributed by atoms with E-state index in [0.29, 0.717) is 23.8 Å². The topological polar surface area (TPSA) is 67.9 Å². The number of fused-ring (bicyclic) bond motifs is 5. The van der Waals surface area contributed by atoms with Gasteiger partial charge in [-0.15, -0.1) is 0 Å². The van der Waals surface area contributed by atoms with E-state index in [-0.39, 0.29) is 30.3 Å². The first-order chi connectivity index (χ1) is 14.6. The number of amides is 2. The zero-order valence-electron chi connectivity index (χ0n) is 16.0. The first-order valence-electron chi connectivity index (χ1n) is 9.75. The van der Waals surface area contributed by atoms with Crippen LogP contribution >= 0.6 is 11.6 Å². The van der Waals surface area contributed by atoms with Crippen LogP contribution in [0.15, 0.2) is 60.7 Å². The fraction of sp³-hybridized carbons (Fsp3) is 0.217. The van der Waals surface area contributed by atoms with Gasteiger partial charge in [0.1, 0.15) is 5.75 Å². The van der Waals surface area contributed by atoms with Crippen LogP contribution in [0.5, 0.6) is 5.75 Å². The molecule has 0 unspecified atom stereocenters. The van der Waals surface area contributed by atoms with Crippen LogP contribution in [0.25, 0.3) is 10.8 Å². The zero-order chi connectivity index (χ0) is 20.7. The van der Waals surface area contributed by atoms with Crippen molar-refractivity contribution in [2.24, 2.45) is 5.92 Å². The number of nitrogens with zero attached hydrogens (tertiary/aromatic N) is 1. The molecule has 0 spiro atoms. The molecule has 2 atom stereocenters. The minimum Gasteiger partial charge on any atom is -0.493 e. The normalized spacial score (nSPS) is 19.7. The van der Waals surface area contributed by atoms with Crippen LogP contribution in [0.3, 0.4) is 0 Å². The summed E-state index contributed by atoms with van der Waals surface area (Å²) in [6.45, 7) is 0.715. The van der Waals surface area contributed by atoms with Gasteiger partial charge < -0.3 is 10.1 Å². The van der Waals surface area contributed by atoms with E-state index in [2.05, 4.69) is 5.32 Å². The van der Waals surface area contributed by atoms with E-state index < -0.39 is 0 Å². The molecule has 1 fully saturated rings. The molecule has 6 nitrogen and oxygen atoms in total. The molecule has 5 rings (SSSR count). The van der Waals surface area contributed by atoms with Crippen LogP contribution in [0.1, 0.15) is 22.0 Å². The Morgan fingerprint density at radius 3 is 2.67 bits per heavy atom. The summed E-state index contributed by atoms with van der Waals surface area (Å²) in [6.07, 6.45) is 0. The van der Waals surface area contributed by atoms with Gasteiger partial charge in [0.05, 0.1) is 25.8 Å². The predicted octanol–water partition coefficient (Wildman–Crippen LogP) is 3.75. The molecule has 3 aromatic carbocycles. The van der Waals surface area contributed by atoms with Crippen LogP contribution in [0.2, 0.25) is 5.02 Å². The highest BCUT2D eigenvalue weighted by Gasteiger charge is 2.44. The molecule has 2 aliphatic rings. The number of nitrogens with one attached hydrogen (secondary N) is 1. The Kier molecular flexibility index (Phi) is 4.81. The SMILES string of the molecule is O=C(NCC(=O)N1OC[C@@H]2COc3ccc4ccccc4c3[C@H]21)c1ccc(Cl)cc1. The number of carbonyl (C=O) groups excluding carboxylic acids is 2. The summed E-state index contributed by atoms with van der Waals surface area (Å²) in [4.78, 5) is 31.1. The van der Waals surface area contributed by atoms with Gasteiger partial charge in [0, 0.05) is 22.1 Å². The van der Waals surface area contributed by atoms with Gasteiger partial charge in [0.15, 0.2) is 0 Å². The maximum absolute atomic E-state index is 13.0. The predicted molar refractivity (Wildman–Crippen MR) is 112 cm³/mol. The molecule has 0 bridgehead atoms. The molecule has 2 aliphatic heterocycles. The van der Waals surface area contributed by atoms with Crippen molar-refractivity contribution in [1.29, 1.82) is 0 Å². The Balaban J connectivity index is 1.38. The van der Waals surface area contributed by atoms with Gasteiger partial charge in [-0.3, -0.25) is 14.4 Å². The van der Waals surface area contributed by atoms with Crippen molar-refractivity contribution < 1.29 is 19.2 Å². The molecule has 152 valence electrons. The number of halogens is 1. The summed E-state index contributed by atoms with van der Waals surface area (Å²) < 4.78 is 5.94. The second-order valence-electron chi connectivity index (χ2n) is 7.42. The van der Waals surface area contributed by atoms with Crippen LogP contribution in [-0.2, 0) is 9.63 Å². The van der Waals surface area contributed by atoms with Gasteiger partial charge in [-0.05, 0) is 41.1 Å². The number of ether oxygens (including phenoxy) is 1. The monoisotopic (exact) mass is 422 g/mol. The van der Waals surface area contributed by atoms with E-state index in [1.165, 1.54) is 5.06 Å². The average Bonchev–Trinajstić information content (AvgIpc) is 3.22. The summed E-state index contributed by atoms with van der Waals surface area (Å²) in [6, 6.07) is 18.2. The lowest BCUT2D eigenvalue weighted by Gasteiger charge is -2.32. The van der Waals surface area contributed by atoms with Crippen molar-refractivity contribution in [3.63, 3.8) is 0 Å². The Morgan fingerprint density at radius 1 is 1.03 bits per heavy atom. The van der Waals surface area contributed by atoms with E-state index in [1.807, 2.05) is 36.4 Å². The van der Waals surface area contributed by atoms with Gasteiger partial charge in [-0.25, -0.2) is 5.06 Å². The van der Waals surface area contributed by atoms with Crippen LogP contribution in [0, 0.1) is 5.92 Å². The second kappa shape index (κ2) is 7.63. The molecular formula is C23H19ClN2O4.